The molecule has 0 amide bonds. The third-order valence-electron chi connectivity index (χ3n) is 6.72. The van der Waals surface area contributed by atoms with Crippen LogP contribution in [0, 0.1) is 35.0 Å². The maximum Gasteiger partial charge on any atom is 0.201 e. The van der Waals surface area contributed by atoms with Crippen LogP contribution in [0.25, 0.3) is 22.3 Å². The lowest BCUT2D eigenvalue weighted by Crippen LogP contribution is -2.24. The molecule has 3 aromatic carbocycles. The Kier molecular flexibility index (Phi) is 8.64. The zero-order chi connectivity index (χ0) is 26.5. The maximum absolute atomic E-state index is 15.0. The third-order valence-corrected chi connectivity index (χ3v) is 6.72. The Balaban J connectivity index is 1.51. The van der Waals surface area contributed by atoms with E-state index in [1.165, 1.54) is 18.2 Å². The molecule has 4 rings (SSSR count). The molecule has 1 heterocycles. The van der Waals surface area contributed by atoms with E-state index in [-0.39, 0.29) is 29.6 Å². The van der Waals surface area contributed by atoms with Gasteiger partial charge in [0.05, 0.1) is 19.3 Å². The smallest absolute Gasteiger partial charge is 0.201 e. The van der Waals surface area contributed by atoms with Crippen molar-refractivity contribution in [1.82, 2.24) is 0 Å². The first-order valence-electron chi connectivity index (χ1n) is 12.5. The molecule has 3 aromatic rings. The number of ether oxygens (including phenoxy) is 2. The van der Waals surface area contributed by atoms with E-state index >= 15 is 4.39 Å². The van der Waals surface area contributed by atoms with Crippen LogP contribution >= 0.6 is 0 Å². The fourth-order valence-electron chi connectivity index (χ4n) is 4.68. The Labute approximate surface area is 213 Å². The van der Waals surface area contributed by atoms with Gasteiger partial charge in [0.1, 0.15) is 5.82 Å². The molecule has 7 heteroatoms. The second kappa shape index (κ2) is 11.9. The molecule has 0 radical (unpaired) electrons. The molecule has 1 fully saturated rings. The summed E-state index contributed by atoms with van der Waals surface area (Å²) in [6.07, 6.45) is 7.37. The van der Waals surface area contributed by atoms with Gasteiger partial charge in [0, 0.05) is 16.7 Å². The summed E-state index contributed by atoms with van der Waals surface area (Å²) in [7, 11) is 0. The van der Waals surface area contributed by atoms with Gasteiger partial charge in [0.25, 0.3) is 0 Å². The fraction of sp³-hybridized carbons (Fsp3) is 0.333. The van der Waals surface area contributed by atoms with Crippen LogP contribution in [0.15, 0.2) is 54.6 Å². The first kappa shape index (κ1) is 26.9. The Hall–Kier alpha value is -3.19. The minimum atomic E-state index is -1.35. The van der Waals surface area contributed by atoms with Crippen LogP contribution in [-0.4, -0.2) is 19.3 Å². The van der Waals surface area contributed by atoms with E-state index < -0.39 is 40.2 Å². The van der Waals surface area contributed by atoms with Gasteiger partial charge in [-0.3, -0.25) is 0 Å². The minimum absolute atomic E-state index is 0.120. The topological polar surface area (TPSA) is 18.5 Å². The highest BCUT2D eigenvalue weighted by Gasteiger charge is 2.23. The SMILES string of the molecule is C/C=C/C1CCC(CCc2ccc(-c3ccc(-c4ccc(OCC)c(F)c4F)c(F)c3F)cc2F)CO1. The summed E-state index contributed by atoms with van der Waals surface area (Å²) in [5.41, 5.74) is -0.408. The third kappa shape index (κ3) is 5.87. The predicted octanol–water partition coefficient (Wildman–Crippen LogP) is 8.42. The van der Waals surface area contributed by atoms with Crippen molar-refractivity contribution in [1.29, 1.82) is 0 Å². The molecule has 37 heavy (non-hydrogen) atoms. The van der Waals surface area contributed by atoms with Gasteiger partial charge in [-0.2, -0.15) is 4.39 Å². The molecule has 0 aromatic heterocycles. The quantitative estimate of drug-likeness (QED) is 0.221. The number of benzene rings is 3. The van der Waals surface area contributed by atoms with Gasteiger partial charge in [-0.05, 0) is 74.8 Å². The van der Waals surface area contributed by atoms with E-state index in [9.17, 15) is 17.6 Å². The van der Waals surface area contributed by atoms with E-state index in [1.807, 2.05) is 19.1 Å². The molecular formula is C30H29F5O2. The zero-order valence-electron chi connectivity index (χ0n) is 20.8. The number of halogens is 5. The maximum atomic E-state index is 15.0. The van der Waals surface area contributed by atoms with Crippen molar-refractivity contribution in [3.05, 3.63) is 89.3 Å². The normalized spacial score (nSPS) is 17.9. The van der Waals surface area contributed by atoms with Crippen LogP contribution in [0.4, 0.5) is 22.0 Å². The summed E-state index contributed by atoms with van der Waals surface area (Å²) in [6, 6.07) is 8.96. The lowest BCUT2D eigenvalue weighted by molar-refractivity contribution is 0.00857. The van der Waals surface area contributed by atoms with Crippen molar-refractivity contribution < 1.29 is 31.4 Å². The Morgan fingerprint density at radius 1 is 0.865 bits per heavy atom. The van der Waals surface area contributed by atoms with Gasteiger partial charge >= 0.3 is 0 Å². The molecule has 0 aliphatic carbocycles. The summed E-state index contributed by atoms with van der Waals surface area (Å²) in [4.78, 5) is 0. The van der Waals surface area contributed by atoms with Gasteiger partial charge < -0.3 is 9.47 Å². The van der Waals surface area contributed by atoms with Crippen LogP contribution < -0.4 is 4.74 Å². The zero-order valence-corrected chi connectivity index (χ0v) is 20.8. The van der Waals surface area contributed by atoms with Crippen molar-refractivity contribution in [2.75, 3.05) is 13.2 Å². The monoisotopic (exact) mass is 516 g/mol. The second-order valence-electron chi connectivity index (χ2n) is 9.15. The first-order valence-corrected chi connectivity index (χ1v) is 12.5. The van der Waals surface area contributed by atoms with Crippen molar-refractivity contribution in [3.63, 3.8) is 0 Å². The van der Waals surface area contributed by atoms with E-state index in [0.29, 0.717) is 24.5 Å². The van der Waals surface area contributed by atoms with Gasteiger partial charge in [0.2, 0.25) is 5.82 Å². The van der Waals surface area contributed by atoms with Crippen molar-refractivity contribution in [3.8, 4) is 28.0 Å². The summed E-state index contributed by atoms with van der Waals surface area (Å²) in [5, 5.41) is 0. The molecule has 0 bridgehead atoms. The standard InChI is InChI=1S/C30H29F5O2/c1-3-5-21-11-7-18(17-37-21)6-8-19-9-10-20(16-25(19)31)22-12-13-23(28(33)27(22)32)24-14-15-26(36-4-2)30(35)29(24)34/h3,5,9-10,12-16,18,21H,4,6-8,11,17H2,1-2H3/b5-3+. The average molecular weight is 517 g/mol. The Morgan fingerprint density at radius 2 is 1.54 bits per heavy atom. The van der Waals surface area contributed by atoms with Crippen LogP contribution in [0.3, 0.4) is 0 Å². The number of hydrogen-bond acceptors (Lipinski definition) is 2. The molecule has 2 unspecified atom stereocenters. The predicted molar refractivity (Wildman–Crippen MR) is 134 cm³/mol. The van der Waals surface area contributed by atoms with Crippen LogP contribution in [-0.2, 0) is 11.2 Å². The summed E-state index contributed by atoms with van der Waals surface area (Å²) in [5.74, 6) is -5.72. The molecule has 0 saturated carbocycles. The molecule has 196 valence electrons. The second-order valence-corrected chi connectivity index (χ2v) is 9.15. The number of hydrogen-bond donors (Lipinski definition) is 0. The highest BCUT2D eigenvalue weighted by atomic mass is 19.2. The number of aryl methyl sites for hydroxylation is 1. The largest absolute Gasteiger partial charge is 0.491 e. The van der Waals surface area contributed by atoms with Gasteiger partial charge in [0.15, 0.2) is 23.2 Å². The molecule has 2 atom stereocenters. The summed E-state index contributed by atoms with van der Waals surface area (Å²) in [6.45, 7) is 4.32. The molecule has 1 saturated heterocycles. The van der Waals surface area contributed by atoms with Gasteiger partial charge in [-0.25, -0.2) is 17.6 Å². The number of rotatable bonds is 8. The lowest BCUT2D eigenvalue weighted by atomic mass is 9.91. The molecule has 1 aliphatic rings. The Bertz CT molecular complexity index is 1280. The van der Waals surface area contributed by atoms with Gasteiger partial charge in [-0.15, -0.1) is 0 Å². The first-order chi connectivity index (χ1) is 17.8. The Morgan fingerprint density at radius 3 is 2.19 bits per heavy atom. The molecule has 0 N–H and O–H groups in total. The highest BCUT2D eigenvalue weighted by Crippen LogP contribution is 2.36. The lowest BCUT2D eigenvalue weighted by Gasteiger charge is -2.27. The van der Waals surface area contributed by atoms with Crippen molar-refractivity contribution in [2.45, 2.75) is 45.6 Å². The molecule has 0 spiro atoms. The van der Waals surface area contributed by atoms with E-state index in [4.69, 9.17) is 9.47 Å². The van der Waals surface area contributed by atoms with Crippen molar-refractivity contribution >= 4 is 0 Å². The van der Waals surface area contributed by atoms with E-state index in [0.717, 1.165) is 37.5 Å². The van der Waals surface area contributed by atoms with Crippen molar-refractivity contribution in [2.24, 2.45) is 5.92 Å². The highest BCUT2D eigenvalue weighted by molar-refractivity contribution is 5.72. The fourth-order valence-corrected chi connectivity index (χ4v) is 4.68. The molecular weight excluding hydrogens is 487 g/mol. The van der Waals surface area contributed by atoms with E-state index in [2.05, 4.69) is 0 Å². The van der Waals surface area contributed by atoms with Gasteiger partial charge in [-0.1, -0.05) is 36.4 Å². The summed E-state index contributed by atoms with van der Waals surface area (Å²) < 4.78 is 84.5. The number of allylic oxidation sites excluding steroid dienone is 1. The minimum Gasteiger partial charge on any atom is -0.491 e. The van der Waals surface area contributed by atoms with Crippen LogP contribution in [0.1, 0.15) is 38.7 Å². The van der Waals surface area contributed by atoms with Crippen LogP contribution in [0.2, 0.25) is 0 Å². The van der Waals surface area contributed by atoms with E-state index in [1.54, 1.807) is 13.0 Å². The van der Waals surface area contributed by atoms with Crippen LogP contribution in [0.5, 0.6) is 5.75 Å². The average Bonchev–Trinajstić information content (AvgIpc) is 2.89. The molecule has 1 aliphatic heterocycles. The summed E-state index contributed by atoms with van der Waals surface area (Å²) >= 11 is 0. The molecule has 2 nitrogen and oxygen atoms in total.